The second-order valence-electron chi connectivity index (χ2n) is 3.70. The average molecular weight is 213 g/mol. The van der Waals surface area contributed by atoms with E-state index in [1.807, 2.05) is 0 Å². The standard InChI is InChI=1S/C8H7NO2S2/c1-7-5(12-7)4(9-3-10)2-8(11)6(7)13-8/h2,5-6,11H,1H3. The third-order valence-corrected chi connectivity index (χ3v) is 6.18. The summed E-state index contributed by atoms with van der Waals surface area (Å²) in [7, 11) is 0. The summed E-state index contributed by atoms with van der Waals surface area (Å²) in [5.74, 6) is 0. The van der Waals surface area contributed by atoms with Gasteiger partial charge in [-0.2, -0.15) is 4.99 Å². The van der Waals surface area contributed by atoms with Crippen LogP contribution in [0.2, 0.25) is 0 Å². The molecule has 0 radical (unpaired) electrons. The van der Waals surface area contributed by atoms with Gasteiger partial charge in [-0.1, -0.05) is 0 Å². The molecule has 1 aliphatic carbocycles. The highest BCUT2D eigenvalue weighted by Crippen LogP contribution is 2.75. The van der Waals surface area contributed by atoms with Crippen molar-refractivity contribution in [2.45, 2.75) is 27.1 Å². The first-order valence-electron chi connectivity index (χ1n) is 3.99. The smallest absolute Gasteiger partial charge is 0.240 e. The minimum Gasteiger partial charge on any atom is -0.375 e. The van der Waals surface area contributed by atoms with Crippen LogP contribution in [0.25, 0.3) is 0 Å². The lowest BCUT2D eigenvalue weighted by Gasteiger charge is -2.14. The third kappa shape index (κ3) is 0.880. The maximum absolute atomic E-state index is 10.1. The second kappa shape index (κ2) is 2.06. The molecule has 2 heterocycles. The van der Waals surface area contributed by atoms with Crippen molar-refractivity contribution in [3.05, 3.63) is 11.8 Å². The predicted octanol–water partition coefficient (Wildman–Crippen LogP) is 0.898. The molecule has 0 aromatic carbocycles. The Morgan fingerprint density at radius 3 is 3.15 bits per heavy atom. The average Bonchev–Trinajstić information content (AvgIpc) is 2.87. The third-order valence-electron chi connectivity index (χ3n) is 2.78. The Kier molecular flexibility index (Phi) is 1.29. The van der Waals surface area contributed by atoms with Crippen LogP contribution in [0.15, 0.2) is 16.8 Å². The van der Waals surface area contributed by atoms with Crippen molar-refractivity contribution < 1.29 is 9.90 Å². The Hall–Kier alpha value is -0.220. The number of nitrogens with zero attached hydrogens (tertiary/aromatic N) is 1. The summed E-state index contributed by atoms with van der Waals surface area (Å²) in [6, 6.07) is 0. The van der Waals surface area contributed by atoms with Crippen molar-refractivity contribution in [1.29, 1.82) is 0 Å². The molecular formula is C8H7NO2S2. The minimum atomic E-state index is -0.746. The molecule has 5 heteroatoms. The van der Waals surface area contributed by atoms with Gasteiger partial charge in [-0.05, 0) is 13.0 Å². The van der Waals surface area contributed by atoms with Gasteiger partial charge < -0.3 is 5.11 Å². The number of carbonyl (C=O) groups excluding carboxylic acids is 1. The predicted molar refractivity (Wildman–Crippen MR) is 52.3 cm³/mol. The quantitative estimate of drug-likeness (QED) is 0.399. The molecular weight excluding hydrogens is 206 g/mol. The molecule has 2 fully saturated rings. The van der Waals surface area contributed by atoms with E-state index in [1.165, 1.54) is 0 Å². The molecule has 1 N–H and O–H groups in total. The zero-order chi connectivity index (χ0) is 9.27. The second-order valence-corrected chi connectivity index (χ2v) is 6.65. The van der Waals surface area contributed by atoms with Crippen LogP contribution in [0.5, 0.6) is 0 Å². The monoisotopic (exact) mass is 213 g/mol. The Labute approximate surface area is 83.7 Å². The van der Waals surface area contributed by atoms with Crippen LogP contribution < -0.4 is 0 Å². The van der Waals surface area contributed by atoms with Crippen molar-refractivity contribution in [1.82, 2.24) is 0 Å². The normalized spacial score (nSPS) is 55.4. The summed E-state index contributed by atoms with van der Waals surface area (Å²) in [4.78, 5) is 13.0. The molecule has 0 amide bonds. The molecule has 68 valence electrons. The molecule has 0 bridgehead atoms. The number of thioether (sulfide) groups is 2. The highest BCUT2D eigenvalue weighted by molar-refractivity contribution is 8.14. The molecule has 4 unspecified atom stereocenters. The highest BCUT2D eigenvalue weighted by Gasteiger charge is 2.75. The number of isocyanates is 1. The van der Waals surface area contributed by atoms with Gasteiger partial charge in [0.05, 0.1) is 16.2 Å². The molecule has 4 atom stereocenters. The van der Waals surface area contributed by atoms with E-state index in [0.29, 0.717) is 16.2 Å². The number of aliphatic hydroxyl groups is 1. The van der Waals surface area contributed by atoms with Gasteiger partial charge in [-0.25, -0.2) is 4.79 Å². The Balaban J connectivity index is 2.06. The lowest BCUT2D eigenvalue weighted by atomic mass is 9.92. The lowest BCUT2D eigenvalue weighted by molar-refractivity contribution is 0.207. The summed E-state index contributed by atoms with van der Waals surface area (Å²) in [5.41, 5.74) is 0.700. The van der Waals surface area contributed by atoms with Crippen molar-refractivity contribution >= 4 is 29.6 Å². The molecule has 3 rings (SSSR count). The van der Waals surface area contributed by atoms with Crippen LogP contribution in [0.4, 0.5) is 0 Å². The van der Waals surface area contributed by atoms with E-state index in [1.54, 1.807) is 35.7 Å². The number of hydrogen-bond acceptors (Lipinski definition) is 5. The molecule has 0 spiro atoms. The molecule has 0 saturated carbocycles. The van der Waals surface area contributed by atoms with Crippen molar-refractivity contribution in [3.8, 4) is 0 Å². The molecule has 13 heavy (non-hydrogen) atoms. The van der Waals surface area contributed by atoms with Gasteiger partial charge in [0.15, 0.2) is 0 Å². The Bertz CT molecular complexity index is 376. The summed E-state index contributed by atoms with van der Waals surface area (Å²) in [6.45, 7) is 2.12. The van der Waals surface area contributed by atoms with Gasteiger partial charge in [-0.15, -0.1) is 23.5 Å². The SMILES string of the molecule is CC12SC1C(N=C=O)=CC1(O)SC12. The van der Waals surface area contributed by atoms with E-state index in [2.05, 4.69) is 11.9 Å². The Morgan fingerprint density at radius 2 is 2.46 bits per heavy atom. The van der Waals surface area contributed by atoms with Crippen LogP contribution in [-0.4, -0.2) is 31.4 Å². The molecule has 3 nitrogen and oxygen atoms in total. The molecule has 2 saturated heterocycles. The van der Waals surface area contributed by atoms with Crippen LogP contribution >= 0.6 is 23.5 Å². The zero-order valence-corrected chi connectivity index (χ0v) is 8.48. The van der Waals surface area contributed by atoms with Crippen molar-refractivity contribution in [2.75, 3.05) is 0 Å². The Morgan fingerprint density at radius 1 is 1.69 bits per heavy atom. The summed E-state index contributed by atoms with van der Waals surface area (Å²) < 4.78 is 0.101. The van der Waals surface area contributed by atoms with Gasteiger partial charge in [-0.3, -0.25) is 0 Å². The van der Waals surface area contributed by atoms with Crippen LogP contribution in [0.3, 0.4) is 0 Å². The van der Waals surface area contributed by atoms with Crippen LogP contribution in [0, 0.1) is 0 Å². The highest BCUT2D eigenvalue weighted by atomic mass is 32.2. The van der Waals surface area contributed by atoms with Gasteiger partial charge in [0.2, 0.25) is 6.08 Å². The first kappa shape index (κ1) is 8.12. The van der Waals surface area contributed by atoms with Crippen molar-refractivity contribution in [3.63, 3.8) is 0 Å². The molecule has 3 aliphatic rings. The summed E-state index contributed by atoms with van der Waals surface area (Å²) in [5, 5.41) is 10.5. The topological polar surface area (TPSA) is 49.7 Å². The maximum Gasteiger partial charge on any atom is 0.240 e. The summed E-state index contributed by atoms with van der Waals surface area (Å²) >= 11 is 3.32. The van der Waals surface area contributed by atoms with Crippen molar-refractivity contribution in [2.24, 2.45) is 4.99 Å². The minimum absolute atomic E-state index is 0.101. The summed E-state index contributed by atoms with van der Waals surface area (Å²) in [6.07, 6.45) is 3.25. The first-order chi connectivity index (χ1) is 6.10. The van der Waals surface area contributed by atoms with E-state index in [0.717, 1.165) is 0 Å². The van der Waals surface area contributed by atoms with E-state index >= 15 is 0 Å². The van der Waals surface area contributed by atoms with Gasteiger partial charge >= 0.3 is 0 Å². The number of rotatable bonds is 1. The van der Waals surface area contributed by atoms with E-state index in [-0.39, 0.29) is 4.75 Å². The fraction of sp³-hybridized carbons (Fsp3) is 0.625. The first-order valence-corrected chi connectivity index (χ1v) is 5.75. The fourth-order valence-electron chi connectivity index (χ4n) is 2.00. The molecule has 0 aromatic rings. The largest absolute Gasteiger partial charge is 0.375 e. The number of fused-ring (bicyclic) bond motifs is 3. The van der Waals surface area contributed by atoms with Gasteiger partial charge in [0.1, 0.15) is 4.93 Å². The van der Waals surface area contributed by atoms with E-state index < -0.39 is 4.93 Å². The number of aliphatic imine (C=N–C) groups is 1. The number of hydrogen-bond donors (Lipinski definition) is 1. The zero-order valence-electron chi connectivity index (χ0n) is 6.85. The fourth-order valence-corrected chi connectivity index (χ4v) is 4.89. The van der Waals surface area contributed by atoms with Gasteiger partial charge in [0, 0.05) is 4.75 Å². The van der Waals surface area contributed by atoms with Gasteiger partial charge in [0.25, 0.3) is 0 Å². The van der Waals surface area contributed by atoms with Crippen LogP contribution in [-0.2, 0) is 4.79 Å². The lowest BCUT2D eigenvalue weighted by Crippen LogP contribution is -2.30. The maximum atomic E-state index is 10.1. The van der Waals surface area contributed by atoms with Crippen LogP contribution in [0.1, 0.15) is 6.92 Å². The van der Waals surface area contributed by atoms with E-state index in [9.17, 15) is 9.90 Å². The molecule has 2 aliphatic heterocycles. The molecule has 0 aromatic heterocycles. The van der Waals surface area contributed by atoms with E-state index in [4.69, 9.17) is 0 Å².